The monoisotopic (exact) mass is 419 g/mol. The van der Waals surface area contributed by atoms with E-state index in [2.05, 4.69) is 11.7 Å². The molecule has 6 heteroatoms. The van der Waals surface area contributed by atoms with Gasteiger partial charge in [-0.1, -0.05) is 24.3 Å². The second kappa shape index (κ2) is 9.51. The van der Waals surface area contributed by atoms with Crippen LogP contribution in [0.1, 0.15) is 32.9 Å². The first-order chi connectivity index (χ1) is 14.9. The number of aromatic nitrogens is 2. The van der Waals surface area contributed by atoms with Gasteiger partial charge in [-0.2, -0.15) is 5.10 Å². The van der Waals surface area contributed by atoms with Crippen molar-refractivity contribution in [1.29, 1.82) is 0 Å². The standard InChI is InChI=1S/C25H29N3O3/c1-7-11-19-14-20(15-23(30-5)24(19)31-6)25(29)27(4)16-22-17(2)26-28(18(22)3)21-12-9-8-10-13-21/h7-10,12-15H,1,11,16H2,2-6H3. The summed E-state index contributed by atoms with van der Waals surface area (Å²) in [7, 11) is 4.96. The van der Waals surface area contributed by atoms with Crippen LogP contribution in [0.5, 0.6) is 11.5 Å². The van der Waals surface area contributed by atoms with E-state index in [4.69, 9.17) is 9.47 Å². The van der Waals surface area contributed by atoms with Gasteiger partial charge in [-0.25, -0.2) is 4.68 Å². The summed E-state index contributed by atoms with van der Waals surface area (Å²) < 4.78 is 12.9. The minimum atomic E-state index is -0.0995. The Hall–Kier alpha value is -3.54. The molecule has 0 saturated heterocycles. The highest BCUT2D eigenvalue weighted by Crippen LogP contribution is 2.33. The molecule has 1 aromatic heterocycles. The van der Waals surface area contributed by atoms with Gasteiger partial charge >= 0.3 is 0 Å². The van der Waals surface area contributed by atoms with E-state index in [1.807, 2.05) is 54.9 Å². The molecule has 0 aliphatic heterocycles. The number of aryl methyl sites for hydroxylation is 1. The van der Waals surface area contributed by atoms with Crippen LogP contribution >= 0.6 is 0 Å². The molecule has 1 heterocycles. The summed E-state index contributed by atoms with van der Waals surface area (Å²) in [5.41, 5.74) is 5.35. The zero-order chi connectivity index (χ0) is 22.5. The first kappa shape index (κ1) is 22.2. The van der Waals surface area contributed by atoms with Crippen molar-refractivity contribution in [2.45, 2.75) is 26.8 Å². The van der Waals surface area contributed by atoms with Crippen LogP contribution in [0.2, 0.25) is 0 Å². The van der Waals surface area contributed by atoms with Crippen molar-refractivity contribution >= 4 is 5.91 Å². The van der Waals surface area contributed by atoms with Gasteiger partial charge in [0.05, 0.1) is 25.6 Å². The number of hydrogen-bond acceptors (Lipinski definition) is 4. The van der Waals surface area contributed by atoms with Gasteiger partial charge in [-0.3, -0.25) is 4.79 Å². The second-order valence-electron chi connectivity index (χ2n) is 7.42. The van der Waals surface area contributed by atoms with E-state index < -0.39 is 0 Å². The summed E-state index contributed by atoms with van der Waals surface area (Å²) in [5.74, 6) is 1.05. The SMILES string of the molecule is C=CCc1cc(C(=O)N(C)Cc2c(C)nn(-c3ccccc3)c2C)cc(OC)c1OC. The average molecular weight is 420 g/mol. The largest absolute Gasteiger partial charge is 0.493 e. The van der Waals surface area contributed by atoms with E-state index in [-0.39, 0.29) is 5.91 Å². The zero-order valence-corrected chi connectivity index (χ0v) is 18.8. The topological polar surface area (TPSA) is 56.6 Å². The minimum absolute atomic E-state index is 0.0995. The Morgan fingerprint density at radius 1 is 1.16 bits per heavy atom. The van der Waals surface area contributed by atoms with Gasteiger partial charge in [0.15, 0.2) is 11.5 Å². The van der Waals surface area contributed by atoms with Crippen LogP contribution in [0, 0.1) is 13.8 Å². The third kappa shape index (κ3) is 4.48. The quantitative estimate of drug-likeness (QED) is 0.504. The molecular formula is C25H29N3O3. The Morgan fingerprint density at radius 2 is 1.87 bits per heavy atom. The first-order valence-corrected chi connectivity index (χ1v) is 10.1. The van der Waals surface area contributed by atoms with Crippen molar-refractivity contribution in [1.82, 2.24) is 14.7 Å². The molecule has 3 rings (SSSR count). The fourth-order valence-corrected chi connectivity index (χ4v) is 3.73. The third-order valence-corrected chi connectivity index (χ3v) is 5.35. The number of para-hydroxylation sites is 1. The molecule has 31 heavy (non-hydrogen) atoms. The molecular weight excluding hydrogens is 390 g/mol. The molecule has 3 aromatic rings. The molecule has 0 N–H and O–H groups in total. The molecule has 162 valence electrons. The summed E-state index contributed by atoms with van der Waals surface area (Å²) in [4.78, 5) is 14.9. The number of methoxy groups -OCH3 is 2. The van der Waals surface area contributed by atoms with Crippen LogP contribution in [0.15, 0.2) is 55.1 Å². The maximum absolute atomic E-state index is 13.2. The third-order valence-electron chi connectivity index (χ3n) is 5.35. The van der Waals surface area contributed by atoms with Gasteiger partial charge in [0.25, 0.3) is 5.91 Å². The molecule has 2 aromatic carbocycles. The second-order valence-corrected chi connectivity index (χ2v) is 7.42. The Morgan fingerprint density at radius 3 is 2.48 bits per heavy atom. The lowest BCUT2D eigenvalue weighted by Crippen LogP contribution is -2.27. The lowest BCUT2D eigenvalue weighted by Gasteiger charge is -2.20. The Labute approximate surface area is 183 Å². The van der Waals surface area contributed by atoms with Gasteiger partial charge in [-0.15, -0.1) is 6.58 Å². The van der Waals surface area contributed by atoms with Crippen LogP contribution in [0.3, 0.4) is 0 Å². The van der Waals surface area contributed by atoms with Crippen LogP contribution in [0.4, 0.5) is 0 Å². The molecule has 0 unspecified atom stereocenters. The summed E-state index contributed by atoms with van der Waals surface area (Å²) in [6.45, 7) is 8.25. The molecule has 0 atom stereocenters. The predicted molar refractivity (Wildman–Crippen MR) is 122 cm³/mol. The smallest absolute Gasteiger partial charge is 0.254 e. The summed E-state index contributed by atoms with van der Waals surface area (Å²) in [5, 5.41) is 4.69. The first-order valence-electron chi connectivity index (χ1n) is 10.1. The van der Waals surface area contributed by atoms with E-state index in [0.29, 0.717) is 30.0 Å². The molecule has 6 nitrogen and oxygen atoms in total. The van der Waals surface area contributed by atoms with Crippen molar-refractivity contribution in [2.75, 3.05) is 21.3 Å². The lowest BCUT2D eigenvalue weighted by atomic mass is 10.0. The highest BCUT2D eigenvalue weighted by molar-refractivity contribution is 5.95. The number of allylic oxidation sites excluding steroid dienone is 1. The van der Waals surface area contributed by atoms with Crippen molar-refractivity contribution in [2.24, 2.45) is 0 Å². The number of nitrogens with zero attached hydrogens (tertiary/aromatic N) is 3. The zero-order valence-electron chi connectivity index (χ0n) is 18.8. The van der Waals surface area contributed by atoms with Crippen LogP contribution in [0.25, 0.3) is 5.69 Å². The van der Waals surface area contributed by atoms with Crippen LogP contribution in [-0.4, -0.2) is 41.9 Å². The number of rotatable bonds is 8. The van der Waals surface area contributed by atoms with Crippen LogP contribution < -0.4 is 9.47 Å². The van der Waals surface area contributed by atoms with Crippen molar-refractivity contribution in [3.63, 3.8) is 0 Å². The number of carbonyl (C=O) groups excluding carboxylic acids is 1. The van der Waals surface area contributed by atoms with Crippen molar-refractivity contribution in [3.8, 4) is 17.2 Å². The Balaban J connectivity index is 1.90. The molecule has 0 fully saturated rings. The summed E-state index contributed by atoms with van der Waals surface area (Å²) >= 11 is 0. The van der Waals surface area contributed by atoms with Crippen molar-refractivity contribution < 1.29 is 14.3 Å². The highest BCUT2D eigenvalue weighted by Gasteiger charge is 2.21. The van der Waals surface area contributed by atoms with E-state index in [9.17, 15) is 4.79 Å². The Bertz CT molecular complexity index is 1090. The van der Waals surface area contributed by atoms with Crippen LogP contribution in [-0.2, 0) is 13.0 Å². The van der Waals surface area contributed by atoms with Gasteiger partial charge in [0.2, 0.25) is 0 Å². The molecule has 0 radical (unpaired) electrons. The molecule has 0 aliphatic rings. The van der Waals surface area contributed by atoms with E-state index in [1.54, 1.807) is 38.3 Å². The number of carbonyl (C=O) groups is 1. The maximum Gasteiger partial charge on any atom is 0.254 e. The minimum Gasteiger partial charge on any atom is -0.493 e. The van der Waals surface area contributed by atoms with Gasteiger partial charge in [0.1, 0.15) is 0 Å². The number of ether oxygens (including phenoxy) is 2. The summed E-state index contributed by atoms with van der Waals surface area (Å²) in [6, 6.07) is 13.5. The number of benzene rings is 2. The van der Waals surface area contributed by atoms with Gasteiger partial charge < -0.3 is 14.4 Å². The van der Waals surface area contributed by atoms with E-state index in [1.165, 1.54) is 0 Å². The summed E-state index contributed by atoms with van der Waals surface area (Å²) in [6.07, 6.45) is 2.35. The Kier molecular flexibility index (Phi) is 6.80. The molecule has 0 bridgehead atoms. The molecule has 0 spiro atoms. The lowest BCUT2D eigenvalue weighted by molar-refractivity contribution is 0.0784. The fraction of sp³-hybridized carbons (Fsp3) is 0.280. The van der Waals surface area contributed by atoms with E-state index >= 15 is 0 Å². The molecule has 1 amide bonds. The van der Waals surface area contributed by atoms with Crippen molar-refractivity contribution in [3.05, 3.63) is 83.2 Å². The highest BCUT2D eigenvalue weighted by atomic mass is 16.5. The maximum atomic E-state index is 13.2. The van der Waals surface area contributed by atoms with Gasteiger partial charge in [-0.05, 0) is 44.5 Å². The molecule has 0 aliphatic carbocycles. The average Bonchev–Trinajstić information content (AvgIpc) is 3.07. The number of amides is 1. The van der Waals surface area contributed by atoms with E-state index in [0.717, 1.165) is 28.2 Å². The number of hydrogen-bond donors (Lipinski definition) is 0. The predicted octanol–water partition coefficient (Wildman–Crippen LogP) is 4.51. The van der Waals surface area contributed by atoms with Gasteiger partial charge in [0, 0.05) is 36.0 Å². The fourth-order valence-electron chi connectivity index (χ4n) is 3.73. The molecule has 0 saturated carbocycles. The normalized spacial score (nSPS) is 10.6.